The van der Waals surface area contributed by atoms with Gasteiger partial charge in [0.1, 0.15) is 0 Å². The summed E-state index contributed by atoms with van der Waals surface area (Å²) in [6, 6.07) is 0.191. The van der Waals surface area contributed by atoms with Crippen molar-refractivity contribution < 1.29 is 0 Å². The Morgan fingerprint density at radius 3 is 2.50 bits per heavy atom. The molecule has 2 N–H and O–H groups in total. The van der Waals surface area contributed by atoms with Crippen molar-refractivity contribution in [2.45, 2.75) is 52.1 Å². The molecule has 0 aliphatic rings. The van der Waals surface area contributed by atoms with Gasteiger partial charge in [-0.05, 0) is 39.3 Å². The van der Waals surface area contributed by atoms with E-state index in [-0.39, 0.29) is 11.6 Å². The van der Waals surface area contributed by atoms with E-state index in [9.17, 15) is 0 Å². The van der Waals surface area contributed by atoms with Crippen LogP contribution in [0.25, 0.3) is 0 Å². The van der Waals surface area contributed by atoms with Crippen LogP contribution in [0.3, 0.4) is 0 Å². The second kappa shape index (κ2) is 4.04. The fraction of sp³-hybridized carbons (Fsp3) is 0.889. The third-order valence-electron chi connectivity index (χ3n) is 1.88. The summed E-state index contributed by atoms with van der Waals surface area (Å²) in [6.07, 6.45) is 1.70. The molecule has 1 heterocycles. The lowest BCUT2D eigenvalue weighted by molar-refractivity contribution is 0.305. The van der Waals surface area contributed by atoms with Gasteiger partial charge in [0.2, 0.25) is 0 Å². The summed E-state index contributed by atoms with van der Waals surface area (Å²) in [4.78, 5) is 1.64. The molecule has 0 unspecified atom stereocenters. The summed E-state index contributed by atoms with van der Waals surface area (Å²) in [5, 5.41) is 12.3. The van der Waals surface area contributed by atoms with E-state index < -0.39 is 0 Å². The summed E-state index contributed by atoms with van der Waals surface area (Å²) >= 11 is 0. The molecule has 1 aromatic heterocycles. The number of nitrogens with two attached hydrogens (primary N) is 1. The van der Waals surface area contributed by atoms with E-state index in [4.69, 9.17) is 5.73 Å². The van der Waals surface area contributed by atoms with E-state index in [1.54, 1.807) is 4.80 Å². The van der Waals surface area contributed by atoms with Crippen LogP contribution >= 0.6 is 0 Å². The quantitative estimate of drug-likeness (QED) is 0.774. The van der Waals surface area contributed by atoms with Crippen LogP contribution in [0.1, 0.15) is 39.9 Å². The summed E-state index contributed by atoms with van der Waals surface area (Å²) < 4.78 is 0. The lowest BCUT2D eigenvalue weighted by Crippen LogP contribution is -2.24. The zero-order valence-electron chi connectivity index (χ0n) is 9.36. The van der Waals surface area contributed by atoms with Gasteiger partial charge in [-0.1, -0.05) is 0 Å². The van der Waals surface area contributed by atoms with E-state index in [2.05, 4.69) is 15.4 Å². The number of hydrogen-bond acceptors (Lipinski definition) is 4. The number of tetrazole rings is 1. The smallest absolute Gasteiger partial charge is 0.174 e. The second-order valence-electron chi connectivity index (χ2n) is 4.68. The average Bonchev–Trinajstić information content (AvgIpc) is 2.47. The molecule has 1 rings (SSSR count). The largest absolute Gasteiger partial charge is 0.328 e. The molecule has 0 amide bonds. The first-order chi connectivity index (χ1) is 6.39. The molecular weight excluding hydrogens is 178 g/mol. The molecule has 0 radical (unpaired) electrons. The first kappa shape index (κ1) is 11.1. The van der Waals surface area contributed by atoms with Crippen molar-refractivity contribution in [3.8, 4) is 0 Å². The van der Waals surface area contributed by atoms with Gasteiger partial charge in [0.15, 0.2) is 5.82 Å². The van der Waals surface area contributed by atoms with Crippen LogP contribution in [0.2, 0.25) is 0 Å². The van der Waals surface area contributed by atoms with E-state index >= 15 is 0 Å². The molecule has 5 heteroatoms. The molecule has 0 aliphatic carbocycles. The Balaban J connectivity index is 2.60. The van der Waals surface area contributed by atoms with Crippen molar-refractivity contribution in [2.75, 3.05) is 0 Å². The monoisotopic (exact) mass is 197 g/mol. The minimum Gasteiger partial charge on any atom is -0.328 e. The molecule has 0 aromatic carbocycles. The van der Waals surface area contributed by atoms with Crippen molar-refractivity contribution in [1.82, 2.24) is 20.2 Å². The number of aromatic nitrogens is 4. The Hall–Kier alpha value is -0.970. The van der Waals surface area contributed by atoms with Crippen LogP contribution in [0.5, 0.6) is 0 Å². The van der Waals surface area contributed by atoms with Gasteiger partial charge in [-0.15, -0.1) is 10.2 Å². The van der Waals surface area contributed by atoms with Crippen molar-refractivity contribution in [2.24, 2.45) is 5.73 Å². The van der Waals surface area contributed by atoms with Gasteiger partial charge in [0.05, 0.1) is 5.54 Å². The first-order valence-electron chi connectivity index (χ1n) is 4.94. The highest BCUT2D eigenvalue weighted by atomic mass is 15.6. The molecule has 80 valence electrons. The van der Waals surface area contributed by atoms with Gasteiger partial charge in [0.25, 0.3) is 0 Å². The molecule has 0 bridgehead atoms. The molecule has 1 aromatic rings. The maximum atomic E-state index is 5.65. The standard InChI is InChI=1S/C9H19N5/c1-7(10)5-6-8-11-13-14(12-8)9(2,3)4/h7H,5-6,10H2,1-4H3/t7-/m1/s1. The SMILES string of the molecule is C[C@@H](N)CCc1nnn(C(C)(C)C)n1. The van der Waals surface area contributed by atoms with Crippen LogP contribution in [-0.4, -0.2) is 26.2 Å². The molecule has 0 fully saturated rings. The Labute approximate surface area is 84.7 Å². The Bertz CT molecular complexity index is 284. The minimum atomic E-state index is -0.0976. The molecule has 1 atom stereocenters. The number of hydrogen-bond donors (Lipinski definition) is 1. The zero-order valence-corrected chi connectivity index (χ0v) is 9.36. The third kappa shape index (κ3) is 3.06. The lowest BCUT2D eigenvalue weighted by atomic mass is 10.1. The predicted octanol–water partition coefficient (Wildman–Crippen LogP) is 0.708. The summed E-state index contributed by atoms with van der Waals surface area (Å²) in [6.45, 7) is 8.12. The van der Waals surface area contributed by atoms with Crippen LogP contribution < -0.4 is 5.73 Å². The fourth-order valence-corrected chi connectivity index (χ4v) is 0.984. The number of rotatable bonds is 3. The maximum absolute atomic E-state index is 5.65. The van der Waals surface area contributed by atoms with Crippen molar-refractivity contribution >= 4 is 0 Å². The maximum Gasteiger partial charge on any atom is 0.174 e. The average molecular weight is 197 g/mol. The van der Waals surface area contributed by atoms with Crippen molar-refractivity contribution in [3.05, 3.63) is 5.82 Å². The lowest BCUT2D eigenvalue weighted by Gasteiger charge is -2.15. The van der Waals surface area contributed by atoms with Crippen molar-refractivity contribution in [3.63, 3.8) is 0 Å². The minimum absolute atomic E-state index is 0.0976. The van der Waals surface area contributed by atoms with E-state index in [0.29, 0.717) is 0 Å². The van der Waals surface area contributed by atoms with Gasteiger partial charge in [-0.3, -0.25) is 0 Å². The molecule has 0 aliphatic heterocycles. The normalized spacial score (nSPS) is 14.4. The molecular formula is C9H19N5. The highest BCUT2D eigenvalue weighted by Gasteiger charge is 2.16. The van der Waals surface area contributed by atoms with E-state index in [1.165, 1.54) is 0 Å². The first-order valence-corrected chi connectivity index (χ1v) is 4.94. The molecule has 0 spiro atoms. The zero-order chi connectivity index (χ0) is 10.8. The van der Waals surface area contributed by atoms with Gasteiger partial charge < -0.3 is 5.73 Å². The van der Waals surface area contributed by atoms with E-state index in [0.717, 1.165) is 18.7 Å². The topological polar surface area (TPSA) is 69.6 Å². The number of nitrogens with zero attached hydrogens (tertiary/aromatic N) is 4. The predicted molar refractivity (Wildman–Crippen MR) is 54.8 cm³/mol. The molecule has 14 heavy (non-hydrogen) atoms. The third-order valence-corrected chi connectivity index (χ3v) is 1.88. The highest BCUT2D eigenvalue weighted by Crippen LogP contribution is 2.09. The Morgan fingerprint density at radius 1 is 1.43 bits per heavy atom. The van der Waals surface area contributed by atoms with Crippen molar-refractivity contribution in [1.29, 1.82) is 0 Å². The number of aryl methyl sites for hydroxylation is 1. The Morgan fingerprint density at radius 2 is 2.07 bits per heavy atom. The van der Waals surface area contributed by atoms with Gasteiger partial charge >= 0.3 is 0 Å². The summed E-state index contributed by atoms with van der Waals surface area (Å²) in [5.41, 5.74) is 5.55. The fourth-order valence-electron chi connectivity index (χ4n) is 0.984. The highest BCUT2D eigenvalue weighted by molar-refractivity contribution is 4.80. The molecule has 0 saturated heterocycles. The summed E-state index contributed by atoms with van der Waals surface area (Å²) in [5.74, 6) is 0.775. The van der Waals surface area contributed by atoms with Crippen LogP contribution in [0.4, 0.5) is 0 Å². The molecule has 0 saturated carbocycles. The molecule has 5 nitrogen and oxygen atoms in total. The van der Waals surface area contributed by atoms with E-state index in [1.807, 2.05) is 27.7 Å². The van der Waals surface area contributed by atoms with Gasteiger partial charge in [-0.25, -0.2) is 0 Å². The Kier molecular flexibility index (Phi) is 3.21. The van der Waals surface area contributed by atoms with Gasteiger partial charge in [0, 0.05) is 12.5 Å². The van der Waals surface area contributed by atoms with Crippen LogP contribution in [0.15, 0.2) is 0 Å². The van der Waals surface area contributed by atoms with Crippen LogP contribution in [0, 0.1) is 0 Å². The summed E-state index contributed by atoms with van der Waals surface area (Å²) in [7, 11) is 0. The van der Waals surface area contributed by atoms with Crippen LogP contribution in [-0.2, 0) is 12.0 Å². The second-order valence-corrected chi connectivity index (χ2v) is 4.68. The van der Waals surface area contributed by atoms with Gasteiger partial charge in [-0.2, -0.15) is 4.80 Å².